The fourth-order valence-electron chi connectivity index (χ4n) is 3.46. The largest absolute Gasteiger partial charge is 0.508 e. The van der Waals surface area contributed by atoms with Crippen molar-refractivity contribution in [3.63, 3.8) is 0 Å². The third-order valence-electron chi connectivity index (χ3n) is 5.01. The highest BCUT2D eigenvalue weighted by Crippen LogP contribution is 2.30. The molecule has 1 fully saturated rings. The quantitative estimate of drug-likeness (QED) is 0.524. The van der Waals surface area contributed by atoms with E-state index < -0.39 is 14.9 Å². The number of anilines is 1. The van der Waals surface area contributed by atoms with Gasteiger partial charge in [-0.25, -0.2) is 8.42 Å². The molecule has 1 aliphatic rings. The van der Waals surface area contributed by atoms with Crippen LogP contribution in [0, 0.1) is 10.1 Å². The van der Waals surface area contributed by atoms with E-state index in [1.54, 1.807) is 18.2 Å². The molecule has 156 valence electrons. The molecule has 0 atom stereocenters. The molecular formula is C20H25N3O5S. The number of hydrogen-bond acceptors (Lipinski definition) is 6. The number of benzene rings is 2. The lowest BCUT2D eigenvalue weighted by Crippen LogP contribution is -2.32. The molecule has 0 bridgehead atoms. The Morgan fingerprint density at radius 1 is 1.07 bits per heavy atom. The van der Waals surface area contributed by atoms with E-state index in [0.717, 1.165) is 37.3 Å². The molecule has 1 aliphatic heterocycles. The number of nitro benzene ring substituents is 1. The predicted octanol–water partition coefficient (Wildman–Crippen LogP) is 3.52. The number of phenolic OH excluding ortho intramolecular Hbond substituents is 1. The van der Waals surface area contributed by atoms with Crippen LogP contribution in [0.3, 0.4) is 0 Å². The van der Waals surface area contributed by atoms with E-state index in [0.29, 0.717) is 26.1 Å². The molecule has 29 heavy (non-hydrogen) atoms. The first-order valence-electron chi connectivity index (χ1n) is 9.68. The van der Waals surface area contributed by atoms with E-state index in [2.05, 4.69) is 5.32 Å². The molecule has 0 radical (unpaired) electrons. The van der Waals surface area contributed by atoms with Crippen LogP contribution in [0.15, 0.2) is 47.4 Å². The first-order valence-corrected chi connectivity index (χ1v) is 11.1. The van der Waals surface area contributed by atoms with Crippen LogP contribution in [0.25, 0.3) is 0 Å². The summed E-state index contributed by atoms with van der Waals surface area (Å²) in [4.78, 5) is 10.9. The summed E-state index contributed by atoms with van der Waals surface area (Å²) in [6, 6.07) is 10.8. The number of hydrogen-bond donors (Lipinski definition) is 2. The van der Waals surface area contributed by atoms with Gasteiger partial charge in [0.1, 0.15) is 11.4 Å². The average Bonchev–Trinajstić information content (AvgIpc) is 2.98. The minimum absolute atomic E-state index is 0.0513. The van der Waals surface area contributed by atoms with E-state index in [1.807, 2.05) is 6.07 Å². The molecule has 8 nitrogen and oxygen atoms in total. The zero-order valence-electron chi connectivity index (χ0n) is 16.1. The summed E-state index contributed by atoms with van der Waals surface area (Å²) in [6.45, 7) is 1.29. The molecule has 0 unspecified atom stereocenters. The lowest BCUT2D eigenvalue weighted by Gasteiger charge is -2.20. The summed E-state index contributed by atoms with van der Waals surface area (Å²) in [5.41, 5.74) is 0.891. The number of sulfonamides is 1. The molecule has 2 aromatic carbocycles. The van der Waals surface area contributed by atoms with Crippen molar-refractivity contribution in [3.8, 4) is 5.75 Å². The molecule has 0 aliphatic carbocycles. The Hall–Kier alpha value is -2.65. The van der Waals surface area contributed by atoms with Gasteiger partial charge in [0.15, 0.2) is 0 Å². The third-order valence-corrected chi connectivity index (χ3v) is 6.90. The molecule has 0 aromatic heterocycles. The van der Waals surface area contributed by atoms with Gasteiger partial charge in [0.2, 0.25) is 10.0 Å². The Labute approximate surface area is 170 Å². The van der Waals surface area contributed by atoms with Crippen molar-refractivity contribution in [1.29, 1.82) is 0 Å². The van der Waals surface area contributed by atoms with Crippen LogP contribution in [-0.2, 0) is 16.4 Å². The zero-order valence-corrected chi connectivity index (χ0v) is 16.9. The SMILES string of the molecule is O=[N+]([O-])c1cc(S(=O)(=O)N2CCCCCC2)ccc1NCCc1cccc(O)c1. The van der Waals surface area contributed by atoms with E-state index in [1.165, 1.54) is 16.4 Å². The second-order valence-electron chi connectivity index (χ2n) is 7.10. The lowest BCUT2D eigenvalue weighted by molar-refractivity contribution is -0.384. The van der Waals surface area contributed by atoms with Gasteiger partial charge >= 0.3 is 0 Å². The van der Waals surface area contributed by atoms with Gasteiger partial charge in [-0.2, -0.15) is 4.31 Å². The number of nitrogens with zero attached hydrogens (tertiary/aromatic N) is 2. The van der Waals surface area contributed by atoms with Gasteiger partial charge in [-0.15, -0.1) is 0 Å². The third kappa shape index (κ3) is 5.24. The van der Waals surface area contributed by atoms with Crippen molar-refractivity contribution in [1.82, 2.24) is 4.31 Å². The summed E-state index contributed by atoms with van der Waals surface area (Å²) in [7, 11) is -3.75. The molecule has 9 heteroatoms. The maximum atomic E-state index is 12.9. The normalized spacial score (nSPS) is 15.6. The molecule has 0 spiro atoms. The van der Waals surface area contributed by atoms with Crippen LogP contribution in [0.2, 0.25) is 0 Å². The van der Waals surface area contributed by atoms with Crippen molar-refractivity contribution in [2.45, 2.75) is 37.0 Å². The molecule has 0 amide bonds. The van der Waals surface area contributed by atoms with Gasteiger partial charge in [0.25, 0.3) is 5.69 Å². The minimum atomic E-state index is -3.75. The Kier molecular flexibility index (Phi) is 6.71. The van der Waals surface area contributed by atoms with Crippen molar-refractivity contribution in [2.24, 2.45) is 0 Å². The van der Waals surface area contributed by atoms with Gasteiger partial charge in [-0.05, 0) is 49.1 Å². The number of nitro groups is 1. The highest BCUT2D eigenvalue weighted by molar-refractivity contribution is 7.89. The Morgan fingerprint density at radius 3 is 2.45 bits per heavy atom. The van der Waals surface area contributed by atoms with Gasteiger partial charge in [0.05, 0.1) is 9.82 Å². The van der Waals surface area contributed by atoms with Crippen LogP contribution in [0.5, 0.6) is 5.75 Å². The average molecular weight is 420 g/mol. The van der Waals surface area contributed by atoms with Crippen molar-refractivity contribution >= 4 is 21.4 Å². The molecule has 0 saturated carbocycles. The molecule has 1 heterocycles. The van der Waals surface area contributed by atoms with E-state index in [9.17, 15) is 23.6 Å². The van der Waals surface area contributed by atoms with Gasteiger partial charge in [0, 0.05) is 25.7 Å². The summed E-state index contributed by atoms with van der Waals surface area (Å²) in [5.74, 6) is 0.163. The van der Waals surface area contributed by atoms with Gasteiger partial charge in [-0.1, -0.05) is 25.0 Å². The predicted molar refractivity (Wildman–Crippen MR) is 111 cm³/mol. The number of phenols is 1. The summed E-state index contributed by atoms with van der Waals surface area (Å²) >= 11 is 0. The Morgan fingerprint density at radius 2 is 1.79 bits per heavy atom. The molecule has 2 aromatic rings. The second kappa shape index (κ2) is 9.23. The molecule has 3 rings (SSSR count). The monoisotopic (exact) mass is 419 g/mol. The van der Waals surface area contributed by atoms with Crippen molar-refractivity contribution in [3.05, 3.63) is 58.1 Å². The summed E-state index contributed by atoms with van der Waals surface area (Å²) in [5, 5.41) is 24.0. The summed E-state index contributed by atoms with van der Waals surface area (Å²) < 4.78 is 27.3. The van der Waals surface area contributed by atoms with E-state index in [4.69, 9.17) is 0 Å². The van der Waals surface area contributed by atoms with Gasteiger partial charge < -0.3 is 10.4 Å². The first kappa shape index (κ1) is 21.1. The summed E-state index contributed by atoms with van der Waals surface area (Å²) in [6.07, 6.45) is 4.15. The second-order valence-corrected chi connectivity index (χ2v) is 9.04. The smallest absolute Gasteiger partial charge is 0.293 e. The number of aromatic hydroxyl groups is 1. The van der Waals surface area contributed by atoms with Crippen LogP contribution in [-0.4, -0.2) is 42.4 Å². The van der Waals surface area contributed by atoms with E-state index >= 15 is 0 Å². The maximum Gasteiger partial charge on any atom is 0.293 e. The first-order chi connectivity index (χ1) is 13.9. The number of rotatable bonds is 7. The van der Waals surface area contributed by atoms with Crippen LogP contribution in [0.1, 0.15) is 31.2 Å². The Bertz CT molecular complexity index is 970. The highest BCUT2D eigenvalue weighted by Gasteiger charge is 2.28. The topological polar surface area (TPSA) is 113 Å². The number of nitrogens with one attached hydrogen (secondary N) is 1. The van der Waals surface area contributed by atoms with Crippen LogP contribution < -0.4 is 5.32 Å². The van der Waals surface area contributed by atoms with Crippen molar-refractivity contribution in [2.75, 3.05) is 25.0 Å². The zero-order chi connectivity index (χ0) is 20.9. The standard InChI is InChI=1S/C20H25N3O5S/c24-17-7-5-6-16(14-17)10-11-21-19-9-8-18(15-20(19)23(25)26)29(27,28)22-12-3-1-2-4-13-22/h5-9,14-15,21,24H,1-4,10-13H2. The molecular weight excluding hydrogens is 394 g/mol. The van der Waals surface area contributed by atoms with E-state index in [-0.39, 0.29) is 22.0 Å². The van der Waals surface area contributed by atoms with Crippen LogP contribution >= 0.6 is 0 Å². The fraction of sp³-hybridized carbons (Fsp3) is 0.400. The van der Waals surface area contributed by atoms with Crippen molar-refractivity contribution < 1.29 is 18.4 Å². The van der Waals surface area contributed by atoms with Gasteiger partial charge in [-0.3, -0.25) is 10.1 Å². The minimum Gasteiger partial charge on any atom is -0.508 e. The maximum absolute atomic E-state index is 12.9. The molecule has 1 saturated heterocycles. The van der Waals surface area contributed by atoms with Crippen LogP contribution in [0.4, 0.5) is 11.4 Å². The molecule has 2 N–H and O–H groups in total. The Balaban J connectivity index is 1.76. The lowest BCUT2D eigenvalue weighted by atomic mass is 10.1. The fourth-order valence-corrected chi connectivity index (χ4v) is 4.99. The highest BCUT2D eigenvalue weighted by atomic mass is 32.2.